The van der Waals surface area contributed by atoms with E-state index in [0.29, 0.717) is 16.8 Å². The molecule has 33 heavy (non-hydrogen) atoms. The first kappa shape index (κ1) is 22.7. The van der Waals surface area contributed by atoms with E-state index in [1.54, 1.807) is 30.3 Å². The molecule has 0 amide bonds. The third-order valence-corrected chi connectivity index (χ3v) is 4.67. The number of fused-ring (bicyclic) bond motifs is 1. The van der Waals surface area contributed by atoms with Gasteiger partial charge in [-0.05, 0) is 17.2 Å². The van der Waals surface area contributed by atoms with Crippen LogP contribution in [0, 0.1) is 30.3 Å². The Hall–Kier alpha value is -4.94. The Morgan fingerprint density at radius 3 is 2.12 bits per heavy atom. The second-order valence-corrected chi connectivity index (χ2v) is 6.51. The molecule has 0 unspecified atom stereocenters. The molecule has 0 heterocycles. The van der Waals surface area contributed by atoms with Gasteiger partial charge in [-0.25, -0.2) is 9.68 Å². The highest BCUT2D eigenvalue weighted by atomic mass is 17.2. The van der Waals surface area contributed by atoms with Crippen LogP contribution in [-0.4, -0.2) is 26.5 Å². The van der Waals surface area contributed by atoms with E-state index in [2.05, 4.69) is 9.78 Å². The number of ketones is 1. The summed E-state index contributed by atoms with van der Waals surface area (Å²) in [5.41, 5.74) is -3.72. The second kappa shape index (κ2) is 9.05. The number of benzene rings is 3. The molecular weight excluding hydrogens is 442 g/mol. The van der Waals surface area contributed by atoms with Gasteiger partial charge in [-0.2, -0.15) is 0 Å². The van der Waals surface area contributed by atoms with Crippen LogP contribution < -0.4 is 4.89 Å². The summed E-state index contributed by atoms with van der Waals surface area (Å²) in [5, 5.41) is 35.3. The molecule has 13 heteroatoms. The lowest BCUT2D eigenvalue weighted by Crippen LogP contribution is -2.20. The third kappa shape index (κ3) is 4.27. The summed E-state index contributed by atoms with van der Waals surface area (Å²) in [6.45, 7) is 1.35. The van der Waals surface area contributed by atoms with Crippen molar-refractivity contribution >= 4 is 39.6 Å². The van der Waals surface area contributed by atoms with Gasteiger partial charge in [0, 0.05) is 5.56 Å². The first-order valence-corrected chi connectivity index (χ1v) is 9.21. The summed E-state index contributed by atoms with van der Waals surface area (Å²) in [5.74, 6) is -3.92. The minimum Gasteiger partial charge on any atom is -0.281 e. The van der Waals surface area contributed by atoms with E-state index in [-0.39, 0.29) is 12.0 Å². The number of nitro groups is 3. The highest BCUT2D eigenvalue weighted by Crippen LogP contribution is 2.44. The molecule has 0 saturated heterocycles. The maximum absolute atomic E-state index is 12.6. The number of nitrogens with zero attached hydrogens (tertiary/aromatic N) is 3. The van der Waals surface area contributed by atoms with E-state index in [9.17, 15) is 39.9 Å². The molecule has 0 fully saturated rings. The molecular formula is C20H13N3O10. The van der Waals surface area contributed by atoms with Crippen molar-refractivity contribution < 1.29 is 34.1 Å². The van der Waals surface area contributed by atoms with E-state index in [1.165, 1.54) is 19.1 Å². The topological polar surface area (TPSA) is 182 Å². The lowest BCUT2D eigenvalue weighted by atomic mass is 10.0. The lowest BCUT2D eigenvalue weighted by Gasteiger charge is -2.09. The maximum Gasteiger partial charge on any atom is 0.426 e. The Kier molecular flexibility index (Phi) is 6.24. The zero-order valence-corrected chi connectivity index (χ0v) is 16.8. The van der Waals surface area contributed by atoms with Crippen molar-refractivity contribution in [1.82, 2.24) is 0 Å². The van der Waals surface area contributed by atoms with E-state index in [4.69, 9.17) is 0 Å². The van der Waals surface area contributed by atoms with Crippen LogP contribution in [0.25, 0.3) is 10.8 Å². The van der Waals surface area contributed by atoms with Crippen molar-refractivity contribution in [1.29, 1.82) is 0 Å². The van der Waals surface area contributed by atoms with Gasteiger partial charge < -0.3 is 0 Å². The Morgan fingerprint density at radius 1 is 0.879 bits per heavy atom. The highest BCUT2D eigenvalue weighted by Gasteiger charge is 2.39. The number of Topliss-reactive ketones (excluding diaryl/α,β-unsaturated/α-hetero) is 1. The third-order valence-electron chi connectivity index (χ3n) is 4.67. The zero-order chi connectivity index (χ0) is 24.3. The van der Waals surface area contributed by atoms with Gasteiger partial charge in [-0.3, -0.25) is 40.0 Å². The van der Waals surface area contributed by atoms with Gasteiger partial charge in [0.1, 0.15) is 5.56 Å². The van der Waals surface area contributed by atoms with E-state index >= 15 is 0 Å². The molecule has 0 aliphatic heterocycles. The molecule has 0 radical (unpaired) electrons. The van der Waals surface area contributed by atoms with Gasteiger partial charge in [-0.1, -0.05) is 49.4 Å². The van der Waals surface area contributed by atoms with E-state index in [1.807, 2.05) is 0 Å². The normalized spacial score (nSPS) is 10.5. The van der Waals surface area contributed by atoms with Crippen LogP contribution >= 0.6 is 0 Å². The summed E-state index contributed by atoms with van der Waals surface area (Å²) in [7, 11) is 0. The average Bonchev–Trinajstić information content (AvgIpc) is 2.80. The number of nitro benzene ring substituents is 3. The largest absolute Gasteiger partial charge is 0.426 e. The smallest absolute Gasteiger partial charge is 0.281 e. The SMILES string of the molecule is CCc1c([N+](=O)[O-])cc([N+](=O)[O-])c(OOC(=O)C(=O)c2cccc3ccccc23)c1[N+](=O)[O-]. The molecule has 13 nitrogen and oxygen atoms in total. The maximum atomic E-state index is 12.6. The molecule has 0 N–H and O–H groups in total. The molecule has 0 atom stereocenters. The van der Waals surface area contributed by atoms with Gasteiger partial charge in [0.25, 0.3) is 11.5 Å². The first-order chi connectivity index (χ1) is 15.7. The van der Waals surface area contributed by atoms with Crippen molar-refractivity contribution in [2.24, 2.45) is 0 Å². The summed E-state index contributed by atoms with van der Waals surface area (Å²) < 4.78 is 0. The second-order valence-electron chi connectivity index (χ2n) is 6.51. The number of hydrogen-bond acceptors (Lipinski definition) is 10. The Balaban J connectivity index is 2.01. The molecule has 3 aromatic carbocycles. The molecule has 0 saturated carbocycles. The number of carbonyl (C=O) groups excluding carboxylic acids is 2. The molecule has 168 valence electrons. The van der Waals surface area contributed by atoms with E-state index < -0.39 is 54.9 Å². The zero-order valence-electron chi connectivity index (χ0n) is 16.8. The number of rotatable bonds is 8. The van der Waals surface area contributed by atoms with Crippen LogP contribution in [0.2, 0.25) is 0 Å². The summed E-state index contributed by atoms with van der Waals surface area (Å²) in [6, 6.07) is 11.7. The van der Waals surface area contributed by atoms with Crippen LogP contribution in [0.3, 0.4) is 0 Å². The van der Waals surface area contributed by atoms with Gasteiger partial charge in [0.05, 0.1) is 20.8 Å². The molecule has 3 rings (SSSR count). The molecule has 0 spiro atoms. The molecule has 3 aromatic rings. The predicted octanol–water partition coefficient (Wildman–Crippen LogP) is 3.85. The fraction of sp³-hybridized carbons (Fsp3) is 0.100. The monoisotopic (exact) mass is 455 g/mol. The Morgan fingerprint density at radius 2 is 1.52 bits per heavy atom. The summed E-state index contributed by atoms with van der Waals surface area (Å²) in [4.78, 5) is 64.8. The fourth-order valence-corrected chi connectivity index (χ4v) is 3.23. The quantitative estimate of drug-likeness (QED) is 0.159. The average molecular weight is 455 g/mol. The van der Waals surface area contributed by atoms with Crippen molar-refractivity contribution in [2.75, 3.05) is 0 Å². The van der Waals surface area contributed by atoms with Crippen LogP contribution in [0.1, 0.15) is 22.8 Å². The molecule has 0 aliphatic rings. The van der Waals surface area contributed by atoms with Crippen molar-refractivity contribution in [3.8, 4) is 5.75 Å². The minimum atomic E-state index is -1.61. The van der Waals surface area contributed by atoms with Crippen molar-refractivity contribution in [3.05, 3.63) is 90.0 Å². The van der Waals surface area contributed by atoms with Crippen LogP contribution in [-0.2, 0) is 16.1 Å². The van der Waals surface area contributed by atoms with Crippen molar-refractivity contribution in [2.45, 2.75) is 13.3 Å². The number of hydrogen-bond donors (Lipinski definition) is 0. The Labute approximate surface area is 183 Å². The van der Waals surface area contributed by atoms with E-state index in [0.717, 1.165) is 0 Å². The van der Waals surface area contributed by atoms with Crippen LogP contribution in [0.5, 0.6) is 5.75 Å². The van der Waals surface area contributed by atoms with Crippen molar-refractivity contribution in [3.63, 3.8) is 0 Å². The summed E-state index contributed by atoms with van der Waals surface area (Å²) in [6.07, 6.45) is -0.260. The Bertz CT molecular complexity index is 1330. The predicted molar refractivity (Wildman–Crippen MR) is 111 cm³/mol. The molecule has 0 aliphatic carbocycles. The molecule has 0 aromatic heterocycles. The first-order valence-electron chi connectivity index (χ1n) is 9.21. The van der Waals surface area contributed by atoms with Gasteiger partial charge >= 0.3 is 23.1 Å². The standard InChI is InChI=1S/C20H13N3O10/c1-2-12-15(21(26)27)10-16(22(28)29)19(17(12)23(30)31)32-33-20(25)18(24)14-9-5-7-11-6-3-4-8-13(11)14/h3-10H,2H2,1H3. The highest BCUT2D eigenvalue weighted by molar-refractivity contribution is 6.42. The van der Waals surface area contributed by atoms with Gasteiger partial charge in [-0.15, -0.1) is 0 Å². The lowest BCUT2D eigenvalue weighted by molar-refractivity contribution is -0.407. The molecule has 0 bridgehead atoms. The summed E-state index contributed by atoms with van der Waals surface area (Å²) >= 11 is 0. The fourth-order valence-electron chi connectivity index (χ4n) is 3.23. The van der Waals surface area contributed by atoms with Gasteiger partial charge in [0.2, 0.25) is 0 Å². The number of carbonyl (C=O) groups is 2. The van der Waals surface area contributed by atoms with Gasteiger partial charge in [0.15, 0.2) is 0 Å². The van der Waals surface area contributed by atoms with Crippen LogP contribution in [0.4, 0.5) is 17.1 Å². The minimum absolute atomic E-state index is 0.0522. The van der Waals surface area contributed by atoms with Crippen LogP contribution in [0.15, 0.2) is 48.5 Å².